The van der Waals surface area contributed by atoms with Crippen molar-refractivity contribution >= 4 is 34.8 Å². The monoisotopic (exact) mass is 722 g/mol. The van der Waals surface area contributed by atoms with Crippen LogP contribution in [0.1, 0.15) is 36.6 Å². The molecule has 9 nitrogen and oxygen atoms in total. The molecule has 0 aliphatic carbocycles. The summed E-state index contributed by atoms with van der Waals surface area (Å²) in [6.45, 7) is 1.98. The molecule has 3 amide bonds. The van der Waals surface area contributed by atoms with Crippen molar-refractivity contribution in [1.82, 2.24) is 15.0 Å². The predicted molar refractivity (Wildman–Crippen MR) is 218 cm³/mol. The Morgan fingerprint density at radius 2 is 0.764 bits per heavy atom. The van der Waals surface area contributed by atoms with Gasteiger partial charge in [0.1, 0.15) is 0 Å². The maximum atomic E-state index is 13.9. The number of hydrogen-bond acceptors (Lipinski definition) is 6. The van der Waals surface area contributed by atoms with Crippen LogP contribution >= 0.6 is 0 Å². The number of rotatable bonds is 9. The molecule has 0 N–H and O–H groups in total. The van der Waals surface area contributed by atoms with Gasteiger partial charge in [0.25, 0.3) is 17.7 Å². The minimum Gasteiger partial charge on any atom is -0.311 e. The Morgan fingerprint density at radius 1 is 0.418 bits per heavy atom. The molecule has 0 spiro atoms. The molecule has 0 aliphatic rings. The van der Waals surface area contributed by atoms with E-state index in [-0.39, 0.29) is 17.7 Å². The van der Waals surface area contributed by atoms with Crippen molar-refractivity contribution in [2.24, 2.45) is 0 Å². The first-order valence-corrected chi connectivity index (χ1v) is 17.7. The first kappa shape index (κ1) is 36.1. The average molecular weight is 723 g/mol. The zero-order valence-electron chi connectivity index (χ0n) is 30.9. The zero-order valence-corrected chi connectivity index (χ0v) is 30.9. The summed E-state index contributed by atoms with van der Waals surface area (Å²) in [5, 5.41) is 0. The second kappa shape index (κ2) is 15.8. The number of aryl methyl sites for hydroxylation is 1. The van der Waals surface area contributed by atoms with E-state index in [4.69, 9.17) is 0 Å². The Balaban J connectivity index is 1.19. The van der Waals surface area contributed by atoms with E-state index in [1.165, 1.54) is 14.7 Å². The average Bonchev–Trinajstić information content (AvgIpc) is 3.25. The topological polar surface area (TPSA) is 99.6 Å². The molecule has 270 valence electrons. The largest absolute Gasteiger partial charge is 0.311 e. The normalized spacial score (nSPS) is 10.8. The van der Waals surface area contributed by atoms with Gasteiger partial charge in [-0.1, -0.05) is 54.6 Å². The quantitative estimate of drug-likeness (QED) is 0.148. The number of amides is 3. The Hall–Kier alpha value is -7.26. The first-order chi connectivity index (χ1) is 26.7. The lowest BCUT2D eigenvalue weighted by Crippen LogP contribution is -2.30. The molecule has 4 aromatic carbocycles. The summed E-state index contributed by atoms with van der Waals surface area (Å²) in [5.74, 6) is -0.780. The minimum absolute atomic E-state index is 0.260. The van der Waals surface area contributed by atoms with Crippen molar-refractivity contribution < 1.29 is 14.4 Å². The van der Waals surface area contributed by atoms with Crippen LogP contribution in [0.3, 0.4) is 0 Å². The van der Waals surface area contributed by atoms with E-state index in [0.29, 0.717) is 33.8 Å². The van der Waals surface area contributed by atoms with E-state index >= 15 is 0 Å². The van der Waals surface area contributed by atoms with Crippen molar-refractivity contribution in [3.63, 3.8) is 0 Å². The van der Waals surface area contributed by atoms with Gasteiger partial charge in [-0.15, -0.1) is 0 Å². The minimum atomic E-state index is -0.260. The van der Waals surface area contributed by atoms with Gasteiger partial charge in [-0.3, -0.25) is 29.3 Å². The van der Waals surface area contributed by atoms with E-state index in [0.717, 1.165) is 39.3 Å². The summed E-state index contributed by atoms with van der Waals surface area (Å²) in [6, 6.07) is 42.4. The van der Waals surface area contributed by atoms with Gasteiger partial charge in [-0.2, -0.15) is 0 Å². The molecule has 0 fully saturated rings. The van der Waals surface area contributed by atoms with Crippen LogP contribution in [0.15, 0.2) is 158 Å². The molecular formula is C46H38N6O3. The number of carbonyl (C=O) groups excluding carboxylic acids is 3. The summed E-state index contributed by atoms with van der Waals surface area (Å²) in [7, 11) is 5.03. The van der Waals surface area contributed by atoms with Gasteiger partial charge in [0, 0.05) is 90.2 Å². The highest BCUT2D eigenvalue weighted by atomic mass is 16.2. The first-order valence-electron chi connectivity index (χ1n) is 17.7. The molecule has 9 heteroatoms. The van der Waals surface area contributed by atoms with E-state index in [9.17, 15) is 14.4 Å². The highest BCUT2D eigenvalue weighted by molar-refractivity contribution is 6.10. The molecule has 0 saturated carbocycles. The van der Waals surface area contributed by atoms with Gasteiger partial charge in [-0.25, -0.2) is 0 Å². The smallest absolute Gasteiger partial charge is 0.258 e. The van der Waals surface area contributed by atoms with Crippen LogP contribution in [-0.4, -0.2) is 53.8 Å². The van der Waals surface area contributed by atoms with E-state index in [1.54, 1.807) is 88.1 Å². The van der Waals surface area contributed by atoms with Gasteiger partial charge in [0.2, 0.25) is 0 Å². The fourth-order valence-corrected chi connectivity index (χ4v) is 6.15. The lowest BCUT2D eigenvalue weighted by molar-refractivity contribution is 0.0986. The van der Waals surface area contributed by atoms with Gasteiger partial charge in [0.05, 0.1) is 17.1 Å². The molecule has 0 aliphatic heterocycles. The maximum Gasteiger partial charge on any atom is 0.258 e. The SMILES string of the molecule is Cc1ccc(-c2ccc(C(=O)N(C)c3cc(N(C)C(=O)c4ccc(-c5ccccn5)cc4)cc(N(C)C(=O)c4ccc(-c5ccccn5)cc4)c3)cc2)nc1. The summed E-state index contributed by atoms with van der Waals surface area (Å²) in [5.41, 5.74) is 9.07. The number of carbonyl (C=O) groups is 3. The second-order valence-corrected chi connectivity index (χ2v) is 13.2. The molecular weight excluding hydrogens is 685 g/mol. The molecule has 0 bridgehead atoms. The van der Waals surface area contributed by atoms with Crippen LogP contribution in [0.25, 0.3) is 33.8 Å². The van der Waals surface area contributed by atoms with E-state index < -0.39 is 0 Å². The molecule has 0 saturated heterocycles. The third-order valence-corrected chi connectivity index (χ3v) is 9.49. The zero-order chi connectivity index (χ0) is 38.5. The summed E-state index contributed by atoms with van der Waals surface area (Å²) in [6.07, 6.45) is 5.27. The van der Waals surface area contributed by atoms with Crippen LogP contribution in [0.4, 0.5) is 17.1 Å². The van der Waals surface area contributed by atoms with Crippen LogP contribution in [-0.2, 0) is 0 Å². The van der Waals surface area contributed by atoms with E-state index in [2.05, 4.69) is 15.0 Å². The lowest BCUT2D eigenvalue weighted by atomic mass is 10.1. The Bertz CT molecular complexity index is 2330. The number of anilines is 3. The van der Waals surface area contributed by atoms with Crippen molar-refractivity contribution in [3.05, 3.63) is 180 Å². The standard InChI is InChI=1S/C46H38N6O3/c1-31-11-24-43(49-30-31)34-16-22-37(23-17-34)46(55)52(4)40-28-38(50(2)44(53)35-18-12-32(13-19-35)41-9-5-7-25-47-41)27-39(29-40)51(3)45(54)36-20-14-33(15-21-36)42-10-6-8-26-48-42/h5-30H,1-4H3. The van der Waals surface area contributed by atoms with Crippen LogP contribution in [0, 0.1) is 6.92 Å². The number of aromatic nitrogens is 3. The summed E-state index contributed by atoms with van der Waals surface area (Å²) in [4.78, 5) is 59.7. The number of hydrogen-bond donors (Lipinski definition) is 0. The number of pyridine rings is 3. The molecule has 3 aromatic heterocycles. The van der Waals surface area contributed by atoms with Crippen molar-refractivity contribution in [2.45, 2.75) is 6.92 Å². The van der Waals surface area contributed by atoms with Crippen LogP contribution in [0.5, 0.6) is 0 Å². The molecule has 55 heavy (non-hydrogen) atoms. The predicted octanol–water partition coefficient (Wildman–Crippen LogP) is 9.01. The summed E-state index contributed by atoms with van der Waals surface area (Å²) >= 11 is 0. The fourth-order valence-electron chi connectivity index (χ4n) is 6.15. The Kier molecular flexibility index (Phi) is 10.4. The molecule has 0 radical (unpaired) electrons. The van der Waals surface area contributed by atoms with Crippen molar-refractivity contribution in [1.29, 1.82) is 0 Å². The third kappa shape index (κ3) is 7.91. The molecule has 0 atom stereocenters. The van der Waals surface area contributed by atoms with Gasteiger partial charge >= 0.3 is 0 Å². The second-order valence-electron chi connectivity index (χ2n) is 13.2. The molecule has 3 heterocycles. The third-order valence-electron chi connectivity index (χ3n) is 9.49. The van der Waals surface area contributed by atoms with Gasteiger partial charge in [0.15, 0.2) is 0 Å². The number of benzene rings is 4. The number of nitrogens with zero attached hydrogens (tertiary/aromatic N) is 6. The lowest BCUT2D eigenvalue weighted by Gasteiger charge is -2.26. The van der Waals surface area contributed by atoms with E-state index in [1.807, 2.05) is 98.0 Å². The Morgan fingerprint density at radius 3 is 1.05 bits per heavy atom. The maximum absolute atomic E-state index is 13.9. The highest BCUT2D eigenvalue weighted by Crippen LogP contribution is 2.32. The van der Waals surface area contributed by atoms with Crippen molar-refractivity contribution in [2.75, 3.05) is 35.8 Å². The fraction of sp³-hybridized carbons (Fsp3) is 0.0870. The van der Waals surface area contributed by atoms with Crippen LogP contribution < -0.4 is 14.7 Å². The van der Waals surface area contributed by atoms with Gasteiger partial charge < -0.3 is 14.7 Å². The summed E-state index contributed by atoms with van der Waals surface area (Å²) < 4.78 is 0. The van der Waals surface area contributed by atoms with Crippen LogP contribution in [0.2, 0.25) is 0 Å². The van der Waals surface area contributed by atoms with Crippen molar-refractivity contribution in [3.8, 4) is 33.8 Å². The molecule has 7 aromatic rings. The van der Waals surface area contributed by atoms with Gasteiger partial charge in [-0.05, 0) is 97.4 Å². The Labute approximate surface area is 320 Å². The molecule has 7 rings (SSSR count). The highest BCUT2D eigenvalue weighted by Gasteiger charge is 2.22. The molecule has 0 unspecified atom stereocenters.